The van der Waals surface area contributed by atoms with Crippen molar-refractivity contribution in [2.75, 3.05) is 13.1 Å². The van der Waals surface area contributed by atoms with E-state index in [4.69, 9.17) is 5.73 Å². The third-order valence-corrected chi connectivity index (χ3v) is 4.13. The minimum absolute atomic E-state index is 0.534. The normalized spacial score (nSPS) is 25.3. The van der Waals surface area contributed by atoms with Crippen LogP contribution >= 0.6 is 0 Å². The Hall–Kier alpha value is -0.930. The molecule has 0 aromatic carbocycles. The fourth-order valence-electron chi connectivity index (χ4n) is 2.81. The maximum Gasteiger partial charge on any atom is 0.0544 e. The van der Waals surface area contributed by atoms with Crippen molar-refractivity contribution in [1.29, 1.82) is 0 Å². The molecule has 1 fully saturated rings. The van der Waals surface area contributed by atoms with Crippen molar-refractivity contribution in [3.8, 4) is 0 Å². The highest BCUT2D eigenvalue weighted by Crippen LogP contribution is 2.25. The molecule has 3 nitrogen and oxygen atoms in total. The molecule has 1 aromatic heterocycles. The molecule has 18 heavy (non-hydrogen) atoms. The molecule has 0 spiro atoms. The van der Waals surface area contributed by atoms with E-state index in [0.717, 1.165) is 31.2 Å². The van der Waals surface area contributed by atoms with E-state index in [-0.39, 0.29) is 0 Å². The van der Waals surface area contributed by atoms with E-state index >= 15 is 0 Å². The summed E-state index contributed by atoms with van der Waals surface area (Å²) < 4.78 is 0. The predicted octanol–water partition coefficient (Wildman–Crippen LogP) is 2.34. The Morgan fingerprint density at radius 3 is 2.89 bits per heavy atom. The first-order valence-corrected chi connectivity index (χ1v) is 7.08. The smallest absolute Gasteiger partial charge is 0.0544 e. The van der Waals surface area contributed by atoms with E-state index in [9.17, 15) is 0 Å². The molecule has 2 heterocycles. The zero-order chi connectivity index (χ0) is 13.0. The molecule has 3 heteroatoms. The fourth-order valence-corrected chi connectivity index (χ4v) is 2.81. The van der Waals surface area contributed by atoms with Gasteiger partial charge in [-0.15, -0.1) is 0 Å². The lowest BCUT2D eigenvalue weighted by Crippen LogP contribution is -2.46. The van der Waals surface area contributed by atoms with E-state index in [1.165, 1.54) is 24.8 Å². The van der Waals surface area contributed by atoms with Gasteiger partial charge in [0.25, 0.3) is 0 Å². The zero-order valence-electron chi connectivity index (χ0n) is 11.6. The van der Waals surface area contributed by atoms with Gasteiger partial charge in [-0.25, -0.2) is 0 Å². The Balaban J connectivity index is 1.97. The summed E-state index contributed by atoms with van der Waals surface area (Å²) >= 11 is 0. The molecule has 0 saturated carbocycles. The van der Waals surface area contributed by atoms with E-state index < -0.39 is 0 Å². The maximum absolute atomic E-state index is 5.93. The van der Waals surface area contributed by atoms with Gasteiger partial charge in [0, 0.05) is 25.3 Å². The van der Waals surface area contributed by atoms with Gasteiger partial charge in [-0.05, 0) is 43.9 Å². The van der Waals surface area contributed by atoms with E-state index in [1.807, 2.05) is 6.20 Å². The highest BCUT2D eigenvalue weighted by Gasteiger charge is 2.26. The fraction of sp³-hybridized carbons (Fsp3) is 0.667. The Kier molecular flexibility index (Phi) is 4.72. The van der Waals surface area contributed by atoms with Crippen molar-refractivity contribution in [2.45, 2.75) is 45.7 Å². The summed E-state index contributed by atoms with van der Waals surface area (Å²) in [5.74, 6) is 0.862. The molecule has 2 atom stereocenters. The van der Waals surface area contributed by atoms with Crippen molar-refractivity contribution in [2.24, 2.45) is 11.7 Å². The number of aryl methyl sites for hydroxylation is 1. The Labute approximate surface area is 110 Å². The first kappa shape index (κ1) is 13.5. The molecular formula is C15H25N3. The van der Waals surface area contributed by atoms with Gasteiger partial charge < -0.3 is 5.73 Å². The first-order valence-electron chi connectivity index (χ1n) is 7.08. The highest BCUT2D eigenvalue weighted by molar-refractivity contribution is 5.12. The minimum Gasteiger partial charge on any atom is -0.329 e. The molecule has 0 aliphatic carbocycles. The first-order chi connectivity index (χ1) is 8.72. The van der Waals surface area contributed by atoms with Crippen LogP contribution in [0.1, 0.15) is 37.4 Å². The highest BCUT2D eigenvalue weighted by atomic mass is 15.2. The third-order valence-electron chi connectivity index (χ3n) is 4.13. The second-order valence-corrected chi connectivity index (χ2v) is 5.49. The van der Waals surface area contributed by atoms with E-state index in [2.05, 4.69) is 35.9 Å². The standard InChI is InChI=1S/C15H25N3/c1-3-13-6-7-18(15(8-13)9-16)11-14-5-4-12(2)10-17-14/h4-5,10,13,15H,3,6-9,11,16H2,1-2H3. The molecule has 2 N–H and O–H groups in total. The summed E-state index contributed by atoms with van der Waals surface area (Å²) in [5, 5.41) is 0. The average Bonchev–Trinajstić information content (AvgIpc) is 2.41. The minimum atomic E-state index is 0.534. The van der Waals surface area contributed by atoms with Crippen LogP contribution < -0.4 is 5.73 Å². The molecule has 0 bridgehead atoms. The molecule has 1 aliphatic heterocycles. The molecular weight excluding hydrogens is 222 g/mol. The number of aromatic nitrogens is 1. The van der Waals surface area contributed by atoms with Crippen LogP contribution in [0.3, 0.4) is 0 Å². The molecule has 100 valence electrons. The number of pyridine rings is 1. The number of hydrogen-bond donors (Lipinski definition) is 1. The number of piperidine rings is 1. The molecule has 0 radical (unpaired) electrons. The third kappa shape index (κ3) is 3.30. The van der Waals surface area contributed by atoms with Gasteiger partial charge in [-0.2, -0.15) is 0 Å². The van der Waals surface area contributed by atoms with Gasteiger partial charge in [0.05, 0.1) is 5.69 Å². The van der Waals surface area contributed by atoms with Gasteiger partial charge in [-0.3, -0.25) is 9.88 Å². The van der Waals surface area contributed by atoms with Crippen LogP contribution in [0, 0.1) is 12.8 Å². The molecule has 1 aliphatic rings. The van der Waals surface area contributed by atoms with Crippen LogP contribution in [0.4, 0.5) is 0 Å². The predicted molar refractivity (Wildman–Crippen MR) is 75.2 cm³/mol. The largest absolute Gasteiger partial charge is 0.329 e. The second-order valence-electron chi connectivity index (χ2n) is 5.49. The Morgan fingerprint density at radius 2 is 2.28 bits per heavy atom. The lowest BCUT2D eigenvalue weighted by Gasteiger charge is -2.38. The number of nitrogens with two attached hydrogens (primary N) is 1. The number of likely N-dealkylation sites (tertiary alicyclic amines) is 1. The molecule has 1 saturated heterocycles. The van der Waals surface area contributed by atoms with Crippen LogP contribution in [0.25, 0.3) is 0 Å². The van der Waals surface area contributed by atoms with Gasteiger partial charge in [0.1, 0.15) is 0 Å². The number of hydrogen-bond acceptors (Lipinski definition) is 3. The maximum atomic E-state index is 5.93. The lowest BCUT2D eigenvalue weighted by molar-refractivity contribution is 0.106. The summed E-state index contributed by atoms with van der Waals surface area (Å²) in [7, 11) is 0. The zero-order valence-corrected chi connectivity index (χ0v) is 11.6. The van der Waals surface area contributed by atoms with Crippen LogP contribution in [0.15, 0.2) is 18.3 Å². The molecule has 0 amide bonds. The van der Waals surface area contributed by atoms with Gasteiger partial charge in [-0.1, -0.05) is 19.4 Å². The monoisotopic (exact) mass is 247 g/mol. The topological polar surface area (TPSA) is 42.2 Å². The van der Waals surface area contributed by atoms with Gasteiger partial charge in [0.15, 0.2) is 0 Å². The molecule has 2 rings (SSSR count). The van der Waals surface area contributed by atoms with E-state index in [1.54, 1.807) is 0 Å². The van der Waals surface area contributed by atoms with Crippen LogP contribution in [-0.4, -0.2) is 29.0 Å². The Morgan fingerprint density at radius 1 is 1.44 bits per heavy atom. The van der Waals surface area contributed by atoms with Gasteiger partial charge >= 0.3 is 0 Å². The van der Waals surface area contributed by atoms with Crippen molar-refractivity contribution < 1.29 is 0 Å². The van der Waals surface area contributed by atoms with Crippen LogP contribution in [0.5, 0.6) is 0 Å². The lowest BCUT2D eigenvalue weighted by atomic mass is 9.89. The van der Waals surface area contributed by atoms with Crippen molar-refractivity contribution in [3.05, 3.63) is 29.6 Å². The SMILES string of the molecule is CCC1CCN(Cc2ccc(C)cn2)C(CN)C1. The Bertz CT molecular complexity index is 361. The average molecular weight is 247 g/mol. The summed E-state index contributed by atoms with van der Waals surface area (Å²) in [6, 6.07) is 4.81. The van der Waals surface area contributed by atoms with Crippen molar-refractivity contribution in [3.63, 3.8) is 0 Å². The molecule has 2 unspecified atom stereocenters. The number of rotatable bonds is 4. The summed E-state index contributed by atoms with van der Waals surface area (Å²) in [4.78, 5) is 7.00. The van der Waals surface area contributed by atoms with Gasteiger partial charge in [0.2, 0.25) is 0 Å². The molecule has 1 aromatic rings. The summed E-state index contributed by atoms with van der Waals surface area (Å²) in [6.07, 6.45) is 5.79. The summed E-state index contributed by atoms with van der Waals surface area (Å²) in [5.41, 5.74) is 8.31. The van der Waals surface area contributed by atoms with Crippen molar-refractivity contribution in [1.82, 2.24) is 9.88 Å². The van der Waals surface area contributed by atoms with Crippen LogP contribution in [0.2, 0.25) is 0 Å². The van der Waals surface area contributed by atoms with Crippen molar-refractivity contribution >= 4 is 0 Å². The summed E-state index contributed by atoms with van der Waals surface area (Å²) in [6.45, 7) is 7.23. The number of nitrogens with zero attached hydrogens (tertiary/aromatic N) is 2. The second kappa shape index (κ2) is 6.30. The quantitative estimate of drug-likeness (QED) is 0.888. The van der Waals surface area contributed by atoms with E-state index in [0.29, 0.717) is 6.04 Å². The van der Waals surface area contributed by atoms with Crippen LogP contribution in [-0.2, 0) is 6.54 Å².